The molecule has 4 aromatic carbocycles. The number of ether oxygens (including phenoxy) is 2. The fraction of sp³-hybridized carbons (Fsp3) is 0.0714. The second-order valence-electron chi connectivity index (χ2n) is 8.47. The lowest BCUT2D eigenvalue weighted by Gasteiger charge is -2.08. The lowest BCUT2D eigenvalue weighted by molar-refractivity contribution is 0.274. The second-order valence-corrected chi connectivity index (χ2v) is 8.47. The van der Waals surface area contributed by atoms with Crippen LogP contribution in [0.2, 0.25) is 0 Å². The molecule has 0 saturated carbocycles. The van der Waals surface area contributed by atoms with Gasteiger partial charge in [-0.2, -0.15) is 10.5 Å². The summed E-state index contributed by atoms with van der Waals surface area (Å²) in [5.41, 5.74) is 4.30. The van der Waals surface area contributed by atoms with Crippen LogP contribution in [0, 0.1) is 22.7 Å². The van der Waals surface area contributed by atoms with E-state index in [0.717, 1.165) is 22.1 Å². The van der Waals surface area contributed by atoms with Crippen molar-refractivity contribution in [2.45, 2.75) is 13.2 Å². The van der Waals surface area contributed by atoms with Crippen LogP contribution in [0.1, 0.15) is 22.3 Å². The third-order valence-corrected chi connectivity index (χ3v) is 6.03. The maximum Gasteiger partial charge on any atom is 0.491 e. The molecule has 0 saturated heterocycles. The molecule has 184 valence electrons. The van der Waals surface area contributed by atoms with Crippen LogP contribution in [0.15, 0.2) is 84.9 Å². The largest absolute Gasteiger partial charge is 0.491 e. The first-order valence-electron chi connectivity index (χ1n) is 11.7. The molecule has 0 amide bonds. The van der Waals surface area contributed by atoms with E-state index in [1.165, 1.54) is 0 Å². The summed E-state index contributed by atoms with van der Waals surface area (Å²) in [5.74, 6) is 2.28. The van der Waals surface area contributed by atoms with Gasteiger partial charge in [0.15, 0.2) is 0 Å². The SMILES string of the molecule is N#Cc1ccccc1Oc1ccc2c(c1)COB2O.N#Cc1ccccc1Oc1ccc2c(c1)COB2O. The van der Waals surface area contributed by atoms with Crippen LogP contribution in [-0.4, -0.2) is 24.3 Å². The molecule has 0 spiro atoms. The maximum atomic E-state index is 9.54. The van der Waals surface area contributed by atoms with Gasteiger partial charge in [-0.05, 0) is 70.6 Å². The summed E-state index contributed by atoms with van der Waals surface area (Å²) in [6, 6.07) is 29.0. The van der Waals surface area contributed by atoms with Gasteiger partial charge in [0.05, 0.1) is 24.3 Å². The number of hydrogen-bond acceptors (Lipinski definition) is 8. The molecule has 0 aromatic heterocycles. The van der Waals surface area contributed by atoms with Crippen molar-refractivity contribution in [3.63, 3.8) is 0 Å². The van der Waals surface area contributed by atoms with E-state index in [2.05, 4.69) is 12.1 Å². The Bertz CT molecular complexity index is 1450. The van der Waals surface area contributed by atoms with Crippen molar-refractivity contribution in [1.82, 2.24) is 0 Å². The third kappa shape index (κ3) is 5.40. The lowest BCUT2D eigenvalue weighted by Crippen LogP contribution is -2.27. The van der Waals surface area contributed by atoms with Crippen molar-refractivity contribution in [1.29, 1.82) is 10.5 Å². The fourth-order valence-corrected chi connectivity index (χ4v) is 4.09. The van der Waals surface area contributed by atoms with E-state index in [4.69, 9.17) is 29.3 Å². The van der Waals surface area contributed by atoms with Gasteiger partial charge in [-0.25, -0.2) is 0 Å². The van der Waals surface area contributed by atoms with Crippen molar-refractivity contribution in [3.8, 4) is 35.1 Å². The van der Waals surface area contributed by atoms with Crippen LogP contribution in [0.25, 0.3) is 0 Å². The minimum atomic E-state index is -0.851. The Balaban J connectivity index is 0.000000155. The monoisotopic (exact) mass is 502 g/mol. The predicted octanol–water partition coefficient (Wildman–Crippen LogP) is 3.14. The molecule has 38 heavy (non-hydrogen) atoms. The summed E-state index contributed by atoms with van der Waals surface area (Å²) < 4.78 is 21.6. The molecular weight excluding hydrogens is 482 g/mol. The second kappa shape index (κ2) is 11.2. The zero-order valence-corrected chi connectivity index (χ0v) is 20.1. The van der Waals surface area contributed by atoms with Crippen LogP contribution in [0.4, 0.5) is 0 Å². The highest BCUT2D eigenvalue weighted by molar-refractivity contribution is 6.62. The van der Waals surface area contributed by atoms with E-state index in [9.17, 15) is 10.0 Å². The van der Waals surface area contributed by atoms with Gasteiger partial charge < -0.3 is 28.8 Å². The Morgan fingerprint density at radius 1 is 0.632 bits per heavy atom. The van der Waals surface area contributed by atoms with Gasteiger partial charge in [0.25, 0.3) is 0 Å². The molecule has 0 radical (unpaired) electrons. The number of para-hydroxylation sites is 2. The summed E-state index contributed by atoms with van der Waals surface area (Å²) >= 11 is 0. The number of fused-ring (bicyclic) bond motifs is 2. The highest BCUT2D eigenvalue weighted by atomic mass is 16.5. The summed E-state index contributed by atoms with van der Waals surface area (Å²) in [7, 11) is -1.70. The Kier molecular flexibility index (Phi) is 7.41. The average molecular weight is 502 g/mol. The Morgan fingerprint density at radius 2 is 1.05 bits per heavy atom. The summed E-state index contributed by atoms with van der Waals surface area (Å²) in [5, 5.41) is 37.1. The van der Waals surface area contributed by atoms with Crippen molar-refractivity contribution >= 4 is 25.2 Å². The van der Waals surface area contributed by atoms with E-state index in [1.807, 2.05) is 24.3 Å². The topological polar surface area (TPSA) is 125 Å². The molecule has 4 aromatic rings. The van der Waals surface area contributed by atoms with Gasteiger partial charge in [-0.3, -0.25) is 0 Å². The summed E-state index contributed by atoms with van der Waals surface area (Å²) in [4.78, 5) is 0. The first-order valence-corrected chi connectivity index (χ1v) is 11.7. The highest BCUT2D eigenvalue weighted by Crippen LogP contribution is 2.27. The predicted molar refractivity (Wildman–Crippen MR) is 140 cm³/mol. The zero-order chi connectivity index (χ0) is 26.5. The molecule has 2 N–H and O–H groups in total. The van der Waals surface area contributed by atoms with Crippen LogP contribution in [-0.2, 0) is 22.5 Å². The molecular formula is C28H20B2N2O6. The third-order valence-electron chi connectivity index (χ3n) is 6.03. The summed E-state index contributed by atoms with van der Waals surface area (Å²) in [6.07, 6.45) is 0. The van der Waals surface area contributed by atoms with Crippen LogP contribution in [0.3, 0.4) is 0 Å². The smallest absolute Gasteiger partial charge is 0.456 e. The van der Waals surface area contributed by atoms with Gasteiger partial charge in [-0.15, -0.1) is 0 Å². The molecule has 0 atom stereocenters. The fourth-order valence-electron chi connectivity index (χ4n) is 4.09. The number of nitriles is 2. The minimum absolute atomic E-state index is 0.369. The lowest BCUT2D eigenvalue weighted by atomic mass is 9.79. The molecule has 2 aliphatic rings. The van der Waals surface area contributed by atoms with Gasteiger partial charge in [0.1, 0.15) is 35.1 Å². The van der Waals surface area contributed by atoms with Crippen LogP contribution >= 0.6 is 0 Å². The molecule has 6 rings (SSSR count). The van der Waals surface area contributed by atoms with Gasteiger partial charge in [0, 0.05) is 0 Å². The number of hydrogen-bond donors (Lipinski definition) is 2. The van der Waals surface area contributed by atoms with Gasteiger partial charge >= 0.3 is 14.2 Å². The molecule has 0 fully saturated rings. The maximum absolute atomic E-state index is 9.54. The van der Waals surface area contributed by atoms with E-state index < -0.39 is 14.2 Å². The van der Waals surface area contributed by atoms with E-state index >= 15 is 0 Å². The Labute approximate surface area is 220 Å². The highest BCUT2D eigenvalue weighted by Gasteiger charge is 2.28. The first kappa shape index (κ1) is 25.1. The normalized spacial score (nSPS) is 12.9. The van der Waals surface area contributed by atoms with Gasteiger partial charge in [-0.1, -0.05) is 36.4 Å². The molecule has 0 unspecified atom stereocenters. The number of rotatable bonds is 4. The molecule has 10 heteroatoms. The Morgan fingerprint density at radius 3 is 1.47 bits per heavy atom. The Hall–Kier alpha value is -4.57. The van der Waals surface area contributed by atoms with E-state index in [1.54, 1.807) is 60.7 Å². The first-order chi connectivity index (χ1) is 18.6. The number of nitrogens with zero attached hydrogens (tertiary/aromatic N) is 2. The average Bonchev–Trinajstić information content (AvgIpc) is 3.51. The molecule has 2 heterocycles. The molecule has 0 bridgehead atoms. The summed E-state index contributed by atoms with van der Waals surface area (Å²) in [6.45, 7) is 0.737. The van der Waals surface area contributed by atoms with Crippen molar-refractivity contribution in [3.05, 3.63) is 107 Å². The van der Waals surface area contributed by atoms with Crippen molar-refractivity contribution < 1.29 is 28.8 Å². The molecule has 0 aliphatic carbocycles. The van der Waals surface area contributed by atoms with Crippen molar-refractivity contribution in [2.75, 3.05) is 0 Å². The van der Waals surface area contributed by atoms with E-state index in [0.29, 0.717) is 47.3 Å². The zero-order valence-electron chi connectivity index (χ0n) is 20.1. The molecule has 8 nitrogen and oxygen atoms in total. The van der Waals surface area contributed by atoms with Crippen LogP contribution in [0.5, 0.6) is 23.0 Å². The van der Waals surface area contributed by atoms with Gasteiger partial charge in [0.2, 0.25) is 0 Å². The minimum Gasteiger partial charge on any atom is -0.456 e. The van der Waals surface area contributed by atoms with Crippen LogP contribution < -0.4 is 20.4 Å². The standard InChI is InChI=1S/2C14H10BNO3/c2*16-8-10-3-1-2-4-14(10)19-12-5-6-13-11(7-12)9-18-15(13)17/h2*1-7,17H,9H2. The quantitative estimate of drug-likeness (QED) is 0.408. The van der Waals surface area contributed by atoms with E-state index in [-0.39, 0.29) is 0 Å². The van der Waals surface area contributed by atoms with Crippen molar-refractivity contribution in [2.24, 2.45) is 0 Å². The molecule has 2 aliphatic heterocycles. The number of benzene rings is 4.